The lowest BCUT2D eigenvalue weighted by molar-refractivity contribution is -0.122. The van der Waals surface area contributed by atoms with Crippen LogP contribution in [-0.2, 0) is 11.2 Å². The number of hydrogen-bond acceptors (Lipinski definition) is 6. The number of rotatable bonds is 3. The maximum absolute atomic E-state index is 13.4. The van der Waals surface area contributed by atoms with E-state index in [4.69, 9.17) is 0 Å². The number of anilines is 2. The zero-order valence-electron chi connectivity index (χ0n) is 17.1. The molecule has 5 rings (SSSR count). The fourth-order valence-electron chi connectivity index (χ4n) is 4.50. The zero-order valence-corrected chi connectivity index (χ0v) is 17.1. The zero-order chi connectivity index (χ0) is 20.5. The molecule has 1 fully saturated rings. The summed E-state index contributed by atoms with van der Waals surface area (Å²) in [6, 6.07) is 10.2. The van der Waals surface area contributed by atoms with E-state index in [0.717, 1.165) is 50.3 Å². The number of hydrogen-bond donors (Lipinski definition) is 0. The van der Waals surface area contributed by atoms with Gasteiger partial charge in [0.2, 0.25) is 5.91 Å². The van der Waals surface area contributed by atoms with E-state index in [1.54, 1.807) is 11.0 Å². The second-order valence-electron chi connectivity index (χ2n) is 8.10. The van der Waals surface area contributed by atoms with Gasteiger partial charge in [0.05, 0.1) is 5.92 Å². The second-order valence-corrected chi connectivity index (χ2v) is 8.10. The summed E-state index contributed by atoms with van der Waals surface area (Å²) < 4.78 is 1.58. The van der Waals surface area contributed by atoms with Crippen molar-refractivity contribution in [1.29, 1.82) is 0 Å². The van der Waals surface area contributed by atoms with Crippen molar-refractivity contribution < 1.29 is 4.79 Å². The van der Waals surface area contributed by atoms with Gasteiger partial charge >= 0.3 is 0 Å². The molecule has 2 aliphatic heterocycles. The number of amides is 1. The molecule has 1 atom stereocenters. The second kappa shape index (κ2) is 7.85. The summed E-state index contributed by atoms with van der Waals surface area (Å²) in [7, 11) is 0. The summed E-state index contributed by atoms with van der Waals surface area (Å²) in [5.41, 5.74) is 3.63. The Kier molecular flexibility index (Phi) is 4.90. The molecule has 0 bridgehead atoms. The summed E-state index contributed by atoms with van der Waals surface area (Å²) >= 11 is 0. The van der Waals surface area contributed by atoms with E-state index in [-0.39, 0.29) is 11.8 Å². The van der Waals surface area contributed by atoms with E-state index in [0.29, 0.717) is 12.4 Å². The highest BCUT2D eigenvalue weighted by atomic mass is 16.2. The van der Waals surface area contributed by atoms with Crippen LogP contribution in [-0.4, -0.2) is 50.5 Å². The molecule has 0 spiro atoms. The number of benzene rings is 1. The maximum Gasteiger partial charge on any atom is 0.231 e. The normalized spacial score (nSPS) is 18.9. The lowest BCUT2D eigenvalue weighted by Crippen LogP contribution is -2.46. The molecule has 1 saturated heterocycles. The molecule has 2 aliphatic rings. The highest BCUT2D eigenvalue weighted by molar-refractivity contribution is 5.96. The number of aryl methyl sites for hydroxylation is 2. The molecule has 154 valence electrons. The number of aromatic nitrogens is 5. The van der Waals surface area contributed by atoms with E-state index >= 15 is 0 Å². The number of carbonyl (C=O) groups is 1. The molecule has 8 nitrogen and oxygen atoms in total. The number of piperidine rings is 1. The number of carbonyl (C=O) groups excluding carboxylic acids is 1. The van der Waals surface area contributed by atoms with Gasteiger partial charge < -0.3 is 9.80 Å². The molecular formula is C22H25N7O. The van der Waals surface area contributed by atoms with Crippen LogP contribution in [0.3, 0.4) is 0 Å². The maximum atomic E-state index is 13.4. The Morgan fingerprint density at radius 3 is 2.73 bits per heavy atom. The summed E-state index contributed by atoms with van der Waals surface area (Å²) in [4.78, 5) is 21.5. The van der Waals surface area contributed by atoms with Crippen LogP contribution in [0, 0.1) is 12.8 Å². The minimum atomic E-state index is -0.0252. The molecular weight excluding hydrogens is 378 g/mol. The van der Waals surface area contributed by atoms with Crippen LogP contribution < -0.4 is 9.80 Å². The topological polar surface area (TPSA) is 80.0 Å². The Balaban J connectivity index is 1.32. The minimum Gasteiger partial charge on any atom is -0.354 e. The number of fused-ring (bicyclic) bond motifs is 1. The van der Waals surface area contributed by atoms with Gasteiger partial charge in [-0.15, -0.1) is 10.2 Å². The van der Waals surface area contributed by atoms with Crippen LogP contribution in [0.5, 0.6) is 0 Å². The average molecular weight is 403 g/mol. The third-order valence-electron chi connectivity index (χ3n) is 6.00. The molecule has 0 saturated carbocycles. The van der Waals surface area contributed by atoms with Crippen molar-refractivity contribution in [3.63, 3.8) is 0 Å². The van der Waals surface area contributed by atoms with Crippen molar-refractivity contribution >= 4 is 17.4 Å². The SMILES string of the molecule is Cc1ccc2c(c1)CCCN2C(=O)C1CCCN(c2ccc(-n3cncn3)nn2)C1. The van der Waals surface area contributed by atoms with Gasteiger partial charge in [0.15, 0.2) is 11.6 Å². The van der Waals surface area contributed by atoms with Gasteiger partial charge in [0, 0.05) is 25.3 Å². The van der Waals surface area contributed by atoms with Crippen LogP contribution in [0.1, 0.15) is 30.4 Å². The van der Waals surface area contributed by atoms with Gasteiger partial charge in [-0.05, 0) is 56.4 Å². The molecule has 1 amide bonds. The first-order valence-corrected chi connectivity index (χ1v) is 10.5. The lowest BCUT2D eigenvalue weighted by Gasteiger charge is -2.37. The first-order valence-electron chi connectivity index (χ1n) is 10.5. The third kappa shape index (κ3) is 3.53. The lowest BCUT2D eigenvalue weighted by atomic mass is 9.93. The van der Waals surface area contributed by atoms with Crippen LogP contribution in [0.25, 0.3) is 5.82 Å². The first kappa shape index (κ1) is 18.7. The summed E-state index contributed by atoms with van der Waals surface area (Å²) in [6.45, 7) is 4.47. The Bertz CT molecular complexity index is 1030. The van der Waals surface area contributed by atoms with Crippen molar-refractivity contribution in [3.8, 4) is 5.82 Å². The standard InChI is InChI=1S/C22H25N7O/c1-16-6-7-19-17(12-16)4-3-11-28(19)22(30)18-5-2-10-27(13-18)20-8-9-21(26-25-20)29-15-23-14-24-29/h6-9,12,14-15,18H,2-5,10-11,13H2,1H3. The van der Waals surface area contributed by atoms with Gasteiger partial charge in [-0.3, -0.25) is 4.79 Å². The average Bonchev–Trinajstić information content (AvgIpc) is 3.33. The predicted octanol–water partition coefficient (Wildman–Crippen LogP) is 2.56. The fourth-order valence-corrected chi connectivity index (χ4v) is 4.50. The minimum absolute atomic E-state index is 0.0252. The van der Waals surface area contributed by atoms with Crippen LogP contribution >= 0.6 is 0 Å². The van der Waals surface area contributed by atoms with Gasteiger partial charge in [-0.25, -0.2) is 9.67 Å². The third-order valence-corrected chi connectivity index (χ3v) is 6.00. The summed E-state index contributed by atoms with van der Waals surface area (Å²) in [5.74, 6) is 1.63. The molecule has 1 unspecified atom stereocenters. The number of nitrogens with zero attached hydrogens (tertiary/aromatic N) is 7. The van der Waals surface area contributed by atoms with Crippen molar-refractivity contribution in [2.45, 2.75) is 32.6 Å². The quantitative estimate of drug-likeness (QED) is 0.669. The van der Waals surface area contributed by atoms with E-state index in [9.17, 15) is 4.79 Å². The van der Waals surface area contributed by atoms with Gasteiger partial charge in [-0.1, -0.05) is 17.7 Å². The summed E-state index contributed by atoms with van der Waals surface area (Å²) in [5, 5.41) is 12.7. The Labute approximate surface area is 175 Å². The van der Waals surface area contributed by atoms with Crippen LogP contribution in [0.2, 0.25) is 0 Å². The van der Waals surface area contributed by atoms with Crippen molar-refractivity contribution in [2.24, 2.45) is 5.92 Å². The van der Waals surface area contributed by atoms with Gasteiger partial charge in [-0.2, -0.15) is 5.10 Å². The van der Waals surface area contributed by atoms with E-state index < -0.39 is 0 Å². The molecule has 1 aromatic carbocycles. The van der Waals surface area contributed by atoms with Crippen LogP contribution in [0.4, 0.5) is 11.5 Å². The first-order chi connectivity index (χ1) is 14.7. The molecule has 3 aromatic rings. The molecule has 2 aromatic heterocycles. The Morgan fingerprint density at radius 2 is 1.93 bits per heavy atom. The molecule has 4 heterocycles. The highest BCUT2D eigenvalue weighted by Gasteiger charge is 2.32. The van der Waals surface area contributed by atoms with Gasteiger partial charge in [0.25, 0.3) is 0 Å². The van der Waals surface area contributed by atoms with E-state index in [1.807, 2.05) is 17.0 Å². The largest absolute Gasteiger partial charge is 0.354 e. The van der Waals surface area contributed by atoms with Crippen molar-refractivity contribution in [3.05, 3.63) is 54.1 Å². The molecule has 8 heteroatoms. The Hall–Kier alpha value is -3.29. The molecule has 0 radical (unpaired) electrons. The van der Waals surface area contributed by atoms with Crippen molar-refractivity contribution in [1.82, 2.24) is 25.0 Å². The smallest absolute Gasteiger partial charge is 0.231 e. The Morgan fingerprint density at radius 1 is 1.07 bits per heavy atom. The molecule has 30 heavy (non-hydrogen) atoms. The monoisotopic (exact) mass is 403 g/mol. The van der Waals surface area contributed by atoms with Crippen molar-refractivity contribution in [2.75, 3.05) is 29.4 Å². The summed E-state index contributed by atoms with van der Waals surface area (Å²) in [6.07, 6.45) is 7.02. The fraction of sp³-hybridized carbons (Fsp3) is 0.409. The van der Waals surface area contributed by atoms with Crippen LogP contribution in [0.15, 0.2) is 43.0 Å². The van der Waals surface area contributed by atoms with Gasteiger partial charge in [0.1, 0.15) is 12.7 Å². The predicted molar refractivity (Wildman–Crippen MR) is 114 cm³/mol. The molecule has 0 N–H and O–H groups in total. The highest BCUT2D eigenvalue weighted by Crippen LogP contribution is 2.31. The van der Waals surface area contributed by atoms with E-state index in [2.05, 4.69) is 50.3 Å². The molecule has 0 aliphatic carbocycles. The van der Waals surface area contributed by atoms with E-state index in [1.165, 1.54) is 17.5 Å².